The Hall–Kier alpha value is -2.82. The van der Waals surface area contributed by atoms with Crippen LogP contribution in [0.5, 0.6) is 0 Å². The summed E-state index contributed by atoms with van der Waals surface area (Å²) in [6.07, 6.45) is 4.72. The first-order valence-electron chi connectivity index (χ1n) is 6.02. The van der Waals surface area contributed by atoms with Crippen molar-refractivity contribution in [2.24, 2.45) is 0 Å². The minimum Gasteiger partial charge on any atom is -0.466 e. The number of methoxy groups -OCH3 is 1. The van der Waals surface area contributed by atoms with Gasteiger partial charge >= 0.3 is 5.97 Å². The summed E-state index contributed by atoms with van der Waals surface area (Å²) < 4.78 is 4.55. The van der Waals surface area contributed by atoms with Gasteiger partial charge in [-0.3, -0.25) is 0 Å². The van der Waals surface area contributed by atoms with Gasteiger partial charge in [-0.2, -0.15) is 0 Å². The number of rotatable bonds is 4. The molecule has 2 aromatic rings. The van der Waals surface area contributed by atoms with E-state index in [-0.39, 0.29) is 0 Å². The van der Waals surface area contributed by atoms with Gasteiger partial charge in [0, 0.05) is 18.0 Å². The van der Waals surface area contributed by atoms with Crippen molar-refractivity contribution in [2.45, 2.75) is 0 Å². The molecule has 1 heterocycles. The molecule has 0 fully saturated rings. The van der Waals surface area contributed by atoms with Crippen LogP contribution in [0.2, 0.25) is 0 Å². The number of hydrogen-bond donors (Lipinski definition) is 2. The van der Waals surface area contributed by atoms with Crippen LogP contribution in [0.3, 0.4) is 0 Å². The fourth-order valence-corrected chi connectivity index (χ4v) is 1.61. The zero-order valence-corrected chi connectivity index (χ0v) is 11.0. The number of nitrogens with one attached hydrogen (secondary N) is 1. The largest absolute Gasteiger partial charge is 0.466 e. The van der Waals surface area contributed by atoms with Crippen LogP contribution in [0, 0.1) is 0 Å². The average Bonchev–Trinajstić information content (AvgIpc) is 2.47. The molecule has 0 radical (unpaired) electrons. The molecule has 1 aromatic heterocycles. The molecule has 0 aliphatic heterocycles. The first kappa shape index (κ1) is 13.6. The Kier molecular flexibility index (Phi) is 4.34. The molecule has 2 rings (SSSR count). The number of hydrogen-bond acceptors (Lipinski definition) is 5. The van der Waals surface area contributed by atoms with Crippen molar-refractivity contribution in [3.63, 3.8) is 0 Å². The molecule has 5 heteroatoms. The summed E-state index contributed by atoms with van der Waals surface area (Å²) in [5.41, 5.74) is 8.10. The third-order valence-corrected chi connectivity index (χ3v) is 2.60. The zero-order chi connectivity index (χ0) is 14.4. The van der Waals surface area contributed by atoms with Gasteiger partial charge in [0.2, 0.25) is 0 Å². The number of nitrogens with two attached hydrogens (primary N) is 1. The summed E-state index contributed by atoms with van der Waals surface area (Å²) >= 11 is 0. The Balaban J connectivity index is 2.16. The quantitative estimate of drug-likeness (QED) is 0.659. The fourth-order valence-electron chi connectivity index (χ4n) is 1.61. The van der Waals surface area contributed by atoms with E-state index < -0.39 is 5.97 Å². The van der Waals surface area contributed by atoms with E-state index in [0.29, 0.717) is 11.5 Å². The number of anilines is 3. The van der Waals surface area contributed by atoms with Gasteiger partial charge in [0.05, 0.1) is 12.8 Å². The highest BCUT2D eigenvalue weighted by Crippen LogP contribution is 2.21. The third-order valence-electron chi connectivity index (χ3n) is 2.60. The van der Waals surface area contributed by atoms with E-state index >= 15 is 0 Å². The SMILES string of the molecule is COC(=O)C=Cc1cccc(Nc2ncccc2N)c1. The number of benzene rings is 1. The van der Waals surface area contributed by atoms with Crippen molar-refractivity contribution >= 4 is 29.2 Å². The van der Waals surface area contributed by atoms with E-state index in [9.17, 15) is 4.79 Å². The second kappa shape index (κ2) is 6.38. The molecular weight excluding hydrogens is 254 g/mol. The van der Waals surface area contributed by atoms with E-state index in [0.717, 1.165) is 11.3 Å². The predicted octanol–water partition coefficient (Wildman–Crippen LogP) is 2.59. The Labute approximate surface area is 117 Å². The maximum absolute atomic E-state index is 11.1. The topological polar surface area (TPSA) is 77.2 Å². The summed E-state index contributed by atoms with van der Waals surface area (Å²) in [7, 11) is 1.34. The van der Waals surface area contributed by atoms with E-state index in [2.05, 4.69) is 15.0 Å². The second-order valence-corrected chi connectivity index (χ2v) is 4.05. The molecule has 0 saturated heterocycles. The van der Waals surface area contributed by atoms with Gasteiger partial charge in [-0.05, 0) is 35.9 Å². The number of pyridine rings is 1. The van der Waals surface area contributed by atoms with Gasteiger partial charge in [-0.1, -0.05) is 12.1 Å². The molecule has 5 nitrogen and oxygen atoms in total. The molecule has 3 N–H and O–H groups in total. The number of carbonyl (C=O) groups excluding carboxylic acids is 1. The average molecular weight is 269 g/mol. The number of carbonyl (C=O) groups is 1. The van der Waals surface area contributed by atoms with E-state index in [1.54, 1.807) is 24.4 Å². The zero-order valence-electron chi connectivity index (χ0n) is 11.0. The van der Waals surface area contributed by atoms with Crippen LogP contribution < -0.4 is 11.1 Å². The van der Waals surface area contributed by atoms with Gasteiger partial charge in [-0.25, -0.2) is 9.78 Å². The van der Waals surface area contributed by atoms with Crippen molar-refractivity contribution in [2.75, 3.05) is 18.2 Å². The summed E-state index contributed by atoms with van der Waals surface area (Å²) in [6, 6.07) is 11.1. The van der Waals surface area contributed by atoms with Crippen LogP contribution in [0.4, 0.5) is 17.2 Å². The molecular formula is C15H15N3O2. The molecule has 0 atom stereocenters. The van der Waals surface area contributed by atoms with Crippen molar-refractivity contribution in [3.05, 3.63) is 54.2 Å². The number of nitrogens with zero attached hydrogens (tertiary/aromatic N) is 1. The maximum Gasteiger partial charge on any atom is 0.330 e. The minimum absolute atomic E-state index is 0.391. The standard InChI is InChI=1S/C15H15N3O2/c1-20-14(19)8-7-11-4-2-5-12(10-11)18-15-13(16)6-3-9-17-15/h2-10H,16H2,1H3,(H,17,18). The van der Waals surface area contributed by atoms with Gasteiger partial charge in [0.25, 0.3) is 0 Å². The van der Waals surface area contributed by atoms with Crippen LogP contribution in [0.15, 0.2) is 48.7 Å². The minimum atomic E-state index is -0.391. The van der Waals surface area contributed by atoms with Crippen molar-refractivity contribution in [3.8, 4) is 0 Å². The summed E-state index contributed by atoms with van der Waals surface area (Å²) in [6.45, 7) is 0. The highest BCUT2D eigenvalue weighted by molar-refractivity contribution is 5.87. The molecule has 0 unspecified atom stereocenters. The molecule has 0 spiro atoms. The van der Waals surface area contributed by atoms with Crippen molar-refractivity contribution < 1.29 is 9.53 Å². The first-order valence-corrected chi connectivity index (χ1v) is 6.02. The summed E-state index contributed by atoms with van der Waals surface area (Å²) in [5.74, 6) is 0.207. The van der Waals surface area contributed by atoms with Gasteiger partial charge < -0.3 is 15.8 Å². The Morgan fingerprint density at radius 1 is 1.35 bits per heavy atom. The van der Waals surface area contributed by atoms with Crippen LogP contribution in [0.25, 0.3) is 6.08 Å². The molecule has 102 valence electrons. The van der Waals surface area contributed by atoms with Gasteiger partial charge in [-0.15, -0.1) is 0 Å². The molecule has 20 heavy (non-hydrogen) atoms. The van der Waals surface area contributed by atoms with Crippen molar-refractivity contribution in [1.82, 2.24) is 4.98 Å². The van der Waals surface area contributed by atoms with Gasteiger partial charge in [0.15, 0.2) is 5.82 Å². The van der Waals surface area contributed by atoms with Crippen LogP contribution in [-0.4, -0.2) is 18.1 Å². The summed E-state index contributed by atoms with van der Waals surface area (Å²) in [4.78, 5) is 15.2. The number of nitrogen functional groups attached to an aromatic ring is 1. The predicted molar refractivity (Wildman–Crippen MR) is 79.4 cm³/mol. The lowest BCUT2D eigenvalue weighted by Gasteiger charge is -2.08. The van der Waals surface area contributed by atoms with Crippen LogP contribution in [0.1, 0.15) is 5.56 Å². The second-order valence-electron chi connectivity index (χ2n) is 4.05. The number of aromatic nitrogens is 1. The van der Waals surface area contributed by atoms with Crippen LogP contribution >= 0.6 is 0 Å². The lowest BCUT2D eigenvalue weighted by molar-refractivity contribution is -0.134. The highest BCUT2D eigenvalue weighted by Gasteiger charge is 2.00. The molecule has 0 amide bonds. The number of esters is 1. The molecule has 0 bridgehead atoms. The normalized spacial score (nSPS) is 10.4. The van der Waals surface area contributed by atoms with Gasteiger partial charge in [0.1, 0.15) is 0 Å². The fraction of sp³-hybridized carbons (Fsp3) is 0.0667. The Morgan fingerprint density at radius 3 is 2.95 bits per heavy atom. The first-order chi connectivity index (χ1) is 9.69. The summed E-state index contributed by atoms with van der Waals surface area (Å²) in [5, 5.41) is 3.13. The smallest absolute Gasteiger partial charge is 0.330 e. The molecule has 0 aliphatic rings. The lowest BCUT2D eigenvalue weighted by Crippen LogP contribution is -1.98. The highest BCUT2D eigenvalue weighted by atomic mass is 16.5. The monoisotopic (exact) mass is 269 g/mol. The van der Waals surface area contributed by atoms with Crippen LogP contribution in [-0.2, 0) is 9.53 Å². The number of ether oxygens (including phenoxy) is 1. The Bertz CT molecular complexity index is 639. The van der Waals surface area contributed by atoms with E-state index in [1.165, 1.54) is 13.2 Å². The third kappa shape index (κ3) is 3.58. The Morgan fingerprint density at radius 2 is 2.20 bits per heavy atom. The molecule has 0 aliphatic carbocycles. The van der Waals surface area contributed by atoms with E-state index in [1.807, 2.05) is 24.3 Å². The lowest BCUT2D eigenvalue weighted by atomic mass is 10.2. The molecule has 1 aromatic carbocycles. The van der Waals surface area contributed by atoms with E-state index in [4.69, 9.17) is 5.73 Å². The molecule has 0 saturated carbocycles. The van der Waals surface area contributed by atoms with Crippen molar-refractivity contribution in [1.29, 1.82) is 0 Å². The maximum atomic E-state index is 11.1.